The Bertz CT molecular complexity index is 439. The Morgan fingerprint density at radius 2 is 1.88 bits per heavy atom. The number of aromatic hydroxyl groups is 1. The summed E-state index contributed by atoms with van der Waals surface area (Å²) in [6.07, 6.45) is 2.30. The number of phenols is 1. The second-order valence-electron chi connectivity index (χ2n) is 6.42. The van der Waals surface area contributed by atoms with Crippen molar-refractivity contribution in [3.63, 3.8) is 0 Å². The minimum Gasteiger partial charge on any atom is -0.508 e. The van der Waals surface area contributed by atoms with Gasteiger partial charge in [0.1, 0.15) is 5.75 Å². The molecule has 0 radical (unpaired) electrons. The van der Waals surface area contributed by atoms with E-state index in [-0.39, 0.29) is 10.8 Å². The zero-order valence-corrected chi connectivity index (χ0v) is 11.3. The fourth-order valence-corrected chi connectivity index (χ4v) is 2.60. The summed E-state index contributed by atoms with van der Waals surface area (Å²) in [6, 6.07) is 4.07. The molecule has 2 nitrogen and oxygen atoms in total. The van der Waals surface area contributed by atoms with E-state index in [0.717, 1.165) is 18.4 Å². The van der Waals surface area contributed by atoms with E-state index in [1.807, 2.05) is 6.07 Å². The molecule has 2 rings (SSSR count). The first-order chi connectivity index (χ1) is 7.80. The summed E-state index contributed by atoms with van der Waals surface area (Å²) in [5.74, 6) is 0.415. The Labute approximate surface area is 104 Å². The molecule has 0 aromatic heterocycles. The van der Waals surface area contributed by atoms with E-state index < -0.39 is 0 Å². The van der Waals surface area contributed by atoms with Crippen LogP contribution in [-0.4, -0.2) is 11.7 Å². The molecule has 1 saturated carbocycles. The lowest BCUT2D eigenvalue weighted by atomic mass is 9.82. The van der Waals surface area contributed by atoms with Gasteiger partial charge in [-0.3, -0.25) is 0 Å². The molecule has 1 aliphatic rings. The summed E-state index contributed by atoms with van der Waals surface area (Å²) in [5, 5.41) is 10.2. The molecule has 2 heteroatoms. The maximum Gasteiger partial charge on any atom is 0.119 e. The molecule has 1 aromatic carbocycles. The van der Waals surface area contributed by atoms with E-state index in [1.165, 1.54) is 11.1 Å². The van der Waals surface area contributed by atoms with Crippen molar-refractivity contribution in [1.82, 2.24) is 0 Å². The molecule has 0 atom stereocenters. The van der Waals surface area contributed by atoms with Gasteiger partial charge in [-0.05, 0) is 47.9 Å². The van der Waals surface area contributed by atoms with Crippen molar-refractivity contribution in [1.29, 1.82) is 0 Å². The number of nitrogens with two attached hydrogens (primary N) is 1. The molecule has 0 aliphatic heterocycles. The second-order valence-corrected chi connectivity index (χ2v) is 6.42. The Hall–Kier alpha value is -1.02. The van der Waals surface area contributed by atoms with Crippen LogP contribution in [0.15, 0.2) is 12.1 Å². The van der Waals surface area contributed by atoms with E-state index in [2.05, 4.69) is 33.8 Å². The Morgan fingerprint density at radius 1 is 1.29 bits per heavy atom. The van der Waals surface area contributed by atoms with Crippen molar-refractivity contribution in [3.8, 4) is 5.75 Å². The van der Waals surface area contributed by atoms with Crippen molar-refractivity contribution < 1.29 is 5.11 Å². The fourth-order valence-electron chi connectivity index (χ4n) is 2.60. The molecule has 0 saturated heterocycles. The monoisotopic (exact) mass is 233 g/mol. The molecule has 1 aliphatic carbocycles. The van der Waals surface area contributed by atoms with Gasteiger partial charge in [0.05, 0.1) is 0 Å². The molecule has 0 heterocycles. The van der Waals surface area contributed by atoms with Gasteiger partial charge in [-0.25, -0.2) is 0 Å². The van der Waals surface area contributed by atoms with Crippen LogP contribution in [-0.2, 0) is 10.8 Å². The second kappa shape index (κ2) is 3.74. The quantitative estimate of drug-likeness (QED) is 0.825. The van der Waals surface area contributed by atoms with Gasteiger partial charge in [-0.1, -0.05) is 26.8 Å². The number of benzene rings is 1. The van der Waals surface area contributed by atoms with Gasteiger partial charge in [0.15, 0.2) is 0 Å². The van der Waals surface area contributed by atoms with Crippen LogP contribution in [0.5, 0.6) is 5.75 Å². The van der Waals surface area contributed by atoms with E-state index in [0.29, 0.717) is 12.3 Å². The van der Waals surface area contributed by atoms with Crippen LogP contribution >= 0.6 is 0 Å². The predicted molar refractivity (Wildman–Crippen MR) is 71.5 cm³/mol. The van der Waals surface area contributed by atoms with E-state index in [1.54, 1.807) is 0 Å². The first kappa shape index (κ1) is 12.4. The SMILES string of the molecule is Cc1cc(C(C)(C)C)c(O)cc1C1(CN)CC1. The van der Waals surface area contributed by atoms with Crippen molar-refractivity contribution >= 4 is 0 Å². The highest BCUT2D eigenvalue weighted by atomic mass is 16.3. The normalized spacial score (nSPS) is 18.2. The fraction of sp³-hybridized carbons (Fsp3) is 0.600. The molecule has 0 amide bonds. The number of hydrogen-bond donors (Lipinski definition) is 2. The van der Waals surface area contributed by atoms with Crippen LogP contribution in [0.25, 0.3) is 0 Å². The Balaban J connectivity index is 2.50. The largest absolute Gasteiger partial charge is 0.508 e. The molecule has 0 unspecified atom stereocenters. The third-order valence-corrected chi connectivity index (χ3v) is 3.97. The molecule has 1 fully saturated rings. The van der Waals surface area contributed by atoms with E-state index >= 15 is 0 Å². The maximum atomic E-state index is 10.2. The summed E-state index contributed by atoms with van der Waals surface area (Å²) < 4.78 is 0. The first-order valence-electron chi connectivity index (χ1n) is 6.35. The van der Waals surface area contributed by atoms with Gasteiger partial charge in [0.2, 0.25) is 0 Å². The van der Waals surface area contributed by atoms with Crippen molar-refractivity contribution in [2.75, 3.05) is 6.54 Å². The van der Waals surface area contributed by atoms with Crippen LogP contribution < -0.4 is 5.73 Å². The lowest BCUT2D eigenvalue weighted by Crippen LogP contribution is -2.21. The van der Waals surface area contributed by atoms with Gasteiger partial charge < -0.3 is 10.8 Å². The number of rotatable bonds is 2. The molecular weight excluding hydrogens is 210 g/mol. The predicted octanol–water partition coefficient (Wildman–Crippen LogP) is 2.99. The standard InChI is InChI=1S/C15H23NO/c1-10-7-12(14(2,3)4)13(17)8-11(10)15(9-16)5-6-15/h7-8,17H,5-6,9,16H2,1-4H3. The summed E-state index contributed by atoms with van der Waals surface area (Å²) in [6.45, 7) is 9.17. The lowest BCUT2D eigenvalue weighted by molar-refractivity contribution is 0.444. The number of hydrogen-bond acceptors (Lipinski definition) is 2. The van der Waals surface area contributed by atoms with Gasteiger partial charge in [0.25, 0.3) is 0 Å². The number of phenolic OH excluding ortho intramolecular Hbond substituents is 1. The maximum absolute atomic E-state index is 10.2. The minimum atomic E-state index is -0.0210. The third kappa shape index (κ3) is 2.06. The van der Waals surface area contributed by atoms with Crippen LogP contribution in [0.2, 0.25) is 0 Å². The van der Waals surface area contributed by atoms with Crippen molar-refractivity contribution in [3.05, 3.63) is 28.8 Å². The zero-order valence-electron chi connectivity index (χ0n) is 11.3. The lowest BCUT2D eigenvalue weighted by Gasteiger charge is -2.24. The summed E-state index contributed by atoms with van der Waals surface area (Å²) >= 11 is 0. The van der Waals surface area contributed by atoms with Crippen LogP contribution in [0, 0.1) is 6.92 Å². The van der Waals surface area contributed by atoms with Crippen molar-refractivity contribution in [2.45, 2.75) is 51.4 Å². The third-order valence-electron chi connectivity index (χ3n) is 3.97. The highest BCUT2D eigenvalue weighted by molar-refractivity contribution is 5.49. The minimum absolute atomic E-state index is 0.0210. The topological polar surface area (TPSA) is 46.2 Å². The highest BCUT2D eigenvalue weighted by Gasteiger charge is 2.44. The molecule has 1 aromatic rings. The van der Waals surface area contributed by atoms with Crippen LogP contribution in [0.3, 0.4) is 0 Å². The number of aryl methyl sites for hydroxylation is 1. The zero-order chi connectivity index (χ0) is 12.8. The van der Waals surface area contributed by atoms with Crippen LogP contribution in [0.1, 0.15) is 50.3 Å². The molecule has 3 N–H and O–H groups in total. The van der Waals surface area contributed by atoms with Gasteiger partial charge >= 0.3 is 0 Å². The van der Waals surface area contributed by atoms with Crippen molar-refractivity contribution in [2.24, 2.45) is 5.73 Å². The Morgan fingerprint density at radius 3 is 2.29 bits per heavy atom. The first-order valence-corrected chi connectivity index (χ1v) is 6.35. The average Bonchev–Trinajstić information content (AvgIpc) is 3.00. The van der Waals surface area contributed by atoms with Crippen LogP contribution in [0.4, 0.5) is 0 Å². The highest BCUT2D eigenvalue weighted by Crippen LogP contribution is 2.50. The van der Waals surface area contributed by atoms with Gasteiger partial charge in [-0.15, -0.1) is 0 Å². The summed E-state index contributed by atoms with van der Waals surface area (Å²) in [5.41, 5.74) is 9.51. The van der Waals surface area contributed by atoms with E-state index in [9.17, 15) is 5.11 Å². The average molecular weight is 233 g/mol. The Kier molecular flexibility index (Phi) is 2.74. The molecule has 17 heavy (non-hydrogen) atoms. The van der Waals surface area contributed by atoms with E-state index in [4.69, 9.17) is 5.73 Å². The smallest absolute Gasteiger partial charge is 0.119 e. The summed E-state index contributed by atoms with van der Waals surface area (Å²) in [4.78, 5) is 0. The molecule has 0 spiro atoms. The summed E-state index contributed by atoms with van der Waals surface area (Å²) in [7, 11) is 0. The molecular formula is C15H23NO. The molecule has 0 bridgehead atoms. The molecule has 94 valence electrons. The van der Waals surface area contributed by atoms with Gasteiger partial charge in [-0.2, -0.15) is 0 Å². The van der Waals surface area contributed by atoms with Gasteiger partial charge in [0, 0.05) is 12.0 Å².